The van der Waals surface area contributed by atoms with Crippen molar-refractivity contribution in [3.63, 3.8) is 0 Å². The van der Waals surface area contributed by atoms with Crippen LogP contribution in [0.25, 0.3) is 0 Å². The minimum absolute atomic E-state index is 0.121. The lowest BCUT2D eigenvalue weighted by molar-refractivity contribution is -0.154. The number of rotatable bonds is 3. The van der Waals surface area contributed by atoms with Gasteiger partial charge in [-0.3, -0.25) is 4.79 Å². The zero-order valence-electron chi connectivity index (χ0n) is 13.4. The normalized spacial score (nSPS) is 39.2. The molecule has 0 N–H and O–H groups in total. The first-order valence-electron chi connectivity index (χ1n) is 8.37. The molecule has 1 amide bonds. The summed E-state index contributed by atoms with van der Waals surface area (Å²) in [5, 5.41) is 0. The molecule has 2 atom stereocenters. The van der Waals surface area contributed by atoms with E-state index in [-0.39, 0.29) is 9.74 Å². The van der Waals surface area contributed by atoms with Crippen molar-refractivity contribution in [2.45, 2.75) is 56.3 Å². The summed E-state index contributed by atoms with van der Waals surface area (Å²) in [5.74, 6) is 3.60. The Morgan fingerprint density at radius 3 is 2.55 bits per heavy atom. The van der Waals surface area contributed by atoms with Crippen LogP contribution in [0.4, 0.5) is 0 Å². The molecule has 4 aliphatic rings. The third-order valence-electron chi connectivity index (χ3n) is 5.98. The van der Waals surface area contributed by atoms with Gasteiger partial charge in [-0.15, -0.1) is 0 Å². The second-order valence-corrected chi connectivity index (χ2v) is 9.75. The minimum atomic E-state index is -0.121. The topological polar surface area (TPSA) is 33.5 Å². The van der Waals surface area contributed by atoms with Gasteiger partial charge >= 0.3 is 0 Å². The summed E-state index contributed by atoms with van der Waals surface area (Å²) in [6.45, 7) is 2.53. The number of hydrogen-bond donors (Lipinski definition) is 0. The zero-order chi connectivity index (χ0) is 15.5. The molecule has 1 heterocycles. The van der Waals surface area contributed by atoms with Gasteiger partial charge in [0.25, 0.3) is 0 Å². The van der Waals surface area contributed by atoms with Crippen molar-refractivity contribution in [2.24, 2.45) is 17.3 Å². The quantitative estimate of drug-likeness (QED) is 0.748. The summed E-state index contributed by atoms with van der Waals surface area (Å²) in [5.41, 5.74) is -0.121. The highest BCUT2D eigenvalue weighted by Gasteiger charge is 2.60. The molecule has 0 aliphatic heterocycles. The van der Waals surface area contributed by atoms with Gasteiger partial charge in [-0.1, -0.05) is 15.9 Å². The van der Waals surface area contributed by atoms with Gasteiger partial charge in [-0.25, -0.2) is 0 Å². The fraction of sp³-hybridized carbons (Fsp3) is 0.722. The van der Waals surface area contributed by atoms with E-state index in [9.17, 15) is 4.79 Å². The number of hydrogen-bond acceptors (Lipinski definition) is 2. The van der Waals surface area contributed by atoms with Gasteiger partial charge in [0.05, 0.1) is 12.0 Å². The van der Waals surface area contributed by atoms with E-state index in [0.717, 1.165) is 42.6 Å². The zero-order valence-corrected chi connectivity index (χ0v) is 15.0. The van der Waals surface area contributed by atoms with E-state index >= 15 is 0 Å². The molecule has 5 rings (SSSR count). The Bertz CT molecular complexity index is 594. The lowest BCUT2D eigenvalue weighted by atomic mass is 9.49. The number of halogens is 1. The maximum atomic E-state index is 13.2. The van der Waals surface area contributed by atoms with Crippen LogP contribution in [0, 0.1) is 24.2 Å². The molecule has 0 radical (unpaired) electrons. The van der Waals surface area contributed by atoms with Gasteiger partial charge < -0.3 is 9.32 Å². The van der Waals surface area contributed by atoms with E-state index in [0.29, 0.717) is 12.5 Å². The molecule has 3 nitrogen and oxygen atoms in total. The molecule has 4 heteroatoms. The smallest absolute Gasteiger partial charge is 0.229 e. The number of furan rings is 1. The summed E-state index contributed by atoms with van der Waals surface area (Å²) < 4.78 is 5.87. The van der Waals surface area contributed by atoms with Crippen molar-refractivity contribution >= 4 is 21.8 Å². The Labute approximate surface area is 140 Å². The van der Waals surface area contributed by atoms with E-state index < -0.39 is 0 Å². The van der Waals surface area contributed by atoms with Crippen LogP contribution in [0.5, 0.6) is 0 Å². The van der Waals surface area contributed by atoms with E-state index in [1.807, 2.05) is 31.0 Å². The fourth-order valence-electron chi connectivity index (χ4n) is 5.68. The lowest BCUT2D eigenvalue weighted by Gasteiger charge is -2.59. The predicted octanol–water partition coefficient (Wildman–Crippen LogP) is 4.28. The molecule has 1 aromatic heterocycles. The maximum absolute atomic E-state index is 13.2. The summed E-state index contributed by atoms with van der Waals surface area (Å²) >= 11 is 3.99. The highest BCUT2D eigenvalue weighted by Crippen LogP contribution is 2.64. The maximum Gasteiger partial charge on any atom is 0.229 e. The number of carbonyl (C=O) groups excluding carboxylic acids is 1. The van der Waals surface area contributed by atoms with E-state index in [1.165, 1.54) is 19.3 Å². The van der Waals surface area contributed by atoms with Crippen LogP contribution in [0.15, 0.2) is 16.5 Å². The third kappa shape index (κ3) is 2.34. The van der Waals surface area contributed by atoms with Crippen LogP contribution in [-0.2, 0) is 11.3 Å². The van der Waals surface area contributed by atoms with E-state index in [2.05, 4.69) is 15.9 Å². The molecule has 0 aromatic carbocycles. The van der Waals surface area contributed by atoms with Crippen LogP contribution >= 0.6 is 15.9 Å². The average Bonchev–Trinajstić information content (AvgIpc) is 2.80. The SMILES string of the molecule is Cc1ccc(CN(C)C(=O)C23CC4CC(CC(Br)(C4)C2)C3)o1. The fourth-order valence-corrected chi connectivity index (χ4v) is 7.13. The van der Waals surface area contributed by atoms with Crippen LogP contribution in [0.3, 0.4) is 0 Å². The van der Waals surface area contributed by atoms with Gasteiger partial charge in [-0.2, -0.15) is 0 Å². The number of aryl methyl sites for hydroxylation is 1. The van der Waals surface area contributed by atoms with Gasteiger partial charge in [-0.05, 0) is 69.4 Å². The predicted molar refractivity (Wildman–Crippen MR) is 88.7 cm³/mol. The van der Waals surface area contributed by atoms with Gasteiger partial charge in [0.2, 0.25) is 5.91 Å². The number of alkyl halides is 1. The molecular weight excluding hydrogens is 342 g/mol. The standard InChI is InChI=1S/C18H24BrNO2/c1-12-3-4-15(22-12)10-20(2)16(21)17-6-13-5-14(7-17)9-18(19,8-13)11-17/h3-4,13-14H,5-11H2,1-2H3. The summed E-state index contributed by atoms with van der Waals surface area (Å²) in [6, 6.07) is 3.94. The largest absolute Gasteiger partial charge is 0.464 e. The van der Waals surface area contributed by atoms with Crippen molar-refractivity contribution in [2.75, 3.05) is 7.05 Å². The van der Waals surface area contributed by atoms with Crippen molar-refractivity contribution in [1.82, 2.24) is 4.90 Å². The van der Waals surface area contributed by atoms with E-state index in [1.54, 1.807) is 0 Å². The molecule has 2 unspecified atom stereocenters. The number of carbonyl (C=O) groups is 1. The van der Waals surface area contributed by atoms with Gasteiger partial charge in [0, 0.05) is 11.4 Å². The lowest BCUT2D eigenvalue weighted by Crippen LogP contribution is -2.58. The Hall–Kier alpha value is -0.770. The third-order valence-corrected chi connectivity index (χ3v) is 6.91. The minimum Gasteiger partial charge on any atom is -0.464 e. The molecule has 0 spiro atoms. The van der Waals surface area contributed by atoms with Crippen molar-refractivity contribution in [3.8, 4) is 0 Å². The molecule has 4 saturated carbocycles. The average molecular weight is 366 g/mol. The van der Waals surface area contributed by atoms with Crippen LogP contribution in [0.2, 0.25) is 0 Å². The molecule has 4 bridgehead atoms. The highest BCUT2D eigenvalue weighted by atomic mass is 79.9. The second-order valence-electron chi connectivity index (χ2n) is 8.07. The first-order valence-corrected chi connectivity index (χ1v) is 9.17. The van der Waals surface area contributed by atoms with Gasteiger partial charge in [0.1, 0.15) is 11.5 Å². The molecule has 1 aromatic rings. The number of amides is 1. The monoisotopic (exact) mass is 365 g/mol. The van der Waals surface area contributed by atoms with Gasteiger partial charge in [0.15, 0.2) is 0 Å². The Morgan fingerprint density at radius 1 is 1.32 bits per heavy atom. The second kappa shape index (κ2) is 4.86. The molecule has 4 aliphatic carbocycles. The molecule has 4 fully saturated rings. The highest BCUT2D eigenvalue weighted by molar-refractivity contribution is 9.10. The van der Waals surface area contributed by atoms with Crippen LogP contribution in [0.1, 0.15) is 50.0 Å². The molecule has 120 valence electrons. The Kier molecular flexibility index (Phi) is 3.27. The first-order chi connectivity index (χ1) is 10.4. The van der Waals surface area contributed by atoms with Crippen LogP contribution in [-0.4, -0.2) is 22.2 Å². The van der Waals surface area contributed by atoms with Crippen molar-refractivity contribution in [3.05, 3.63) is 23.7 Å². The molecule has 0 saturated heterocycles. The Balaban J connectivity index is 1.54. The number of nitrogens with zero attached hydrogens (tertiary/aromatic N) is 1. The molecule has 22 heavy (non-hydrogen) atoms. The summed E-state index contributed by atoms with van der Waals surface area (Å²) in [6.07, 6.45) is 7.07. The van der Waals surface area contributed by atoms with Crippen LogP contribution < -0.4 is 0 Å². The molecular formula is C18H24BrNO2. The van der Waals surface area contributed by atoms with Crippen molar-refractivity contribution < 1.29 is 9.21 Å². The Morgan fingerprint density at radius 2 is 2.00 bits per heavy atom. The van der Waals surface area contributed by atoms with E-state index in [4.69, 9.17) is 4.42 Å². The summed E-state index contributed by atoms with van der Waals surface area (Å²) in [7, 11) is 1.93. The van der Waals surface area contributed by atoms with Crippen molar-refractivity contribution in [1.29, 1.82) is 0 Å². The summed E-state index contributed by atoms with van der Waals surface area (Å²) in [4.78, 5) is 15.1. The first kappa shape index (κ1) is 14.8.